The Morgan fingerprint density at radius 2 is 2.40 bits per heavy atom. The van der Waals surface area contributed by atoms with Crippen LogP contribution in [-0.4, -0.2) is 21.7 Å². The lowest BCUT2D eigenvalue weighted by molar-refractivity contribution is 0.785. The predicted octanol–water partition coefficient (Wildman–Crippen LogP) is 0.118. The Labute approximate surface area is 65.6 Å². The van der Waals surface area contributed by atoms with E-state index in [0.29, 0.717) is 6.54 Å². The molecule has 0 aliphatic rings. The minimum absolute atomic E-state index is 0. The second kappa shape index (κ2) is 5.20. The fourth-order valence-electron chi connectivity index (χ4n) is 0.622. The third-order valence-electron chi connectivity index (χ3n) is 1.09. The average molecular weight is 163 g/mol. The minimum Gasteiger partial charge on any atom is -0.332 e. The molecule has 0 aliphatic heterocycles. The van der Waals surface area contributed by atoms with E-state index in [-0.39, 0.29) is 12.4 Å². The summed E-state index contributed by atoms with van der Waals surface area (Å²) in [5.74, 6) is 0.917. The summed E-state index contributed by atoms with van der Waals surface area (Å²) in [7, 11) is 0. The van der Waals surface area contributed by atoms with Gasteiger partial charge in [-0.3, -0.25) is 0 Å². The summed E-state index contributed by atoms with van der Waals surface area (Å²) >= 11 is 0. The molecule has 0 fully saturated rings. The first-order valence-electron chi connectivity index (χ1n) is 2.98. The van der Waals surface area contributed by atoms with E-state index in [9.17, 15) is 0 Å². The molecule has 0 aliphatic carbocycles. The molecule has 0 aromatic carbocycles. The fourth-order valence-corrected chi connectivity index (χ4v) is 0.622. The van der Waals surface area contributed by atoms with E-state index >= 15 is 0 Å². The zero-order chi connectivity index (χ0) is 6.53. The van der Waals surface area contributed by atoms with Gasteiger partial charge in [-0.1, -0.05) is 0 Å². The molecule has 3 N–H and O–H groups in total. The van der Waals surface area contributed by atoms with Crippen molar-refractivity contribution >= 4 is 12.4 Å². The number of aryl methyl sites for hydroxylation is 1. The molecule has 0 radical (unpaired) electrons. The Morgan fingerprint density at radius 3 is 2.90 bits per heavy atom. The predicted molar refractivity (Wildman–Crippen MR) is 41.0 cm³/mol. The van der Waals surface area contributed by atoms with Crippen molar-refractivity contribution in [3.8, 4) is 0 Å². The smallest absolute Gasteiger partial charge is 0.130 e. The first-order chi connectivity index (χ1) is 4.43. The molecular weight excluding hydrogens is 152 g/mol. The first kappa shape index (κ1) is 9.39. The van der Waals surface area contributed by atoms with E-state index in [1.165, 1.54) is 0 Å². The van der Waals surface area contributed by atoms with Gasteiger partial charge in [-0.15, -0.1) is 22.6 Å². The van der Waals surface area contributed by atoms with E-state index in [1.54, 1.807) is 6.33 Å². The molecule has 0 saturated carbocycles. The average Bonchev–Trinajstić information content (AvgIpc) is 2.34. The topological polar surface area (TPSA) is 67.6 Å². The van der Waals surface area contributed by atoms with Crippen molar-refractivity contribution in [2.24, 2.45) is 5.73 Å². The lowest BCUT2D eigenvalue weighted by atomic mass is 10.3. The molecule has 0 spiro atoms. The standard InChI is InChI=1S/C5H10N4.ClH/c6-3-1-2-5-7-4-8-9-5;/h4H,1-3,6H2,(H,7,8,9);1H. The summed E-state index contributed by atoms with van der Waals surface area (Å²) in [5, 5.41) is 7.42. The summed E-state index contributed by atoms with van der Waals surface area (Å²) in [6, 6.07) is 0. The van der Waals surface area contributed by atoms with Crippen LogP contribution in [0.3, 0.4) is 0 Å². The Bertz CT molecular complexity index is 151. The molecule has 0 saturated heterocycles. The Balaban J connectivity index is 0.000000810. The van der Waals surface area contributed by atoms with Crippen LogP contribution in [0, 0.1) is 0 Å². The van der Waals surface area contributed by atoms with Crippen LogP contribution >= 0.6 is 12.4 Å². The van der Waals surface area contributed by atoms with E-state index in [2.05, 4.69) is 15.2 Å². The highest BCUT2D eigenvalue weighted by atomic mass is 35.5. The van der Waals surface area contributed by atoms with Gasteiger partial charge in [0.2, 0.25) is 0 Å². The zero-order valence-electron chi connectivity index (χ0n) is 5.58. The van der Waals surface area contributed by atoms with Crippen molar-refractivity contribution in [2.45, 2.75) is 12.8 Å². The first-order valence-corrected chi connectivity index (χ1v) is 2.98. The van der Waals surface area contributed by atoms with Gasteiger partial charge in [0, 0.05) is 6.42 Å². The zero-order valence-corrected chi connectivity index (χ0v) is 6.40. The summed E-state index contributed by atoms with van der Waals surface area (Å²) in [6.07, 6.45) is 3.44. The monoisotopic (exact) mass is 162 g/mol. The summed E-state index contributed by atoms with van der Waals surface area (Å²) < 4.78 is 0. The van der Waals surface area contributed by atoms with Gasteiger partial charge in [0.15, 0.2) is 0 Å². The van der Waals surface area contributed by atoms with Crippen LogP contribution < -0.4 is 5.73 Å². The number of aromatic nitrogens is 3. The normalized spacial score (nSPS) is 8.90. The molecule has 1 heterocycles. The highest BCUT2D eigenvalue weighted by Gasteiger charge is 1.91. The Hall–Kier alpha value is -0.610. The largest absolute Gasteiger partial charge is 0.332 e. The number of hydrogen-bond acceptors (Lipinski definition) is 3. The second-order valence-corrected chi connectivity index (χ2v) is 1.83. The van der Waals surface area contributed by atoms with Crippen molar-refractivity contribution in [1.29, 1.82) is 0 Å². The number of halogens is 1. The second-order valence-electron chi connectivity index (χ2n) is 1.83. The summed E-state index contributed by atoms with van der Waals surface area (Å²) in [5.41, 5.74) is 5.28. The van der Waals surface area contributed by atoms with Gasteiger partial charge in [-0.2, -0.15) is 0 Å². The van der Waals surface area contributed by atoms with Crippen LogP contribution in [0.1, 0.15) is 12.2 Å². The van der Waals surface area contributed by atoms with Crippen LogP contribution in [0.5, 0.6) is 0 Å². The molecule has 0 unspecified atom stereocenters. The van der Waals surface area contributed by atoms with Crippen molar-refractivity contribution in [2.75, 3.05) is 6.54 Å². The van der Waals surface area contributed by atoms with Gasteiger partial charge in [0.1, 0.15) is 12.2 Å². The van der Waals surface area contributed by atoms with Gasteiger partial charge in [0.25, 0.3) is 0 Å². The minimum atomic E-state index is 0. The van der Waals surface area contributed by atoms with Crippen LogP contribution in [0.4, 0.5) is 0 Å². The van der Waals surface area contributed by atoms with Gasteiger partial charge >= 0.3 is 0 Å². The van der Waals surface area contributed by atoms with E-state index in [0.717, 1.165) is 18.7 Å². The highest BCUT2D eigenvalue weighted by molar-refractivity contribution is 5.85. The number of nitrogens with two attached hydrogens (primary N) is 1. The number of H-pyrrole nitrogens is 1. The maximum Gasteiger partial charge on any atom is 0.130 e. The SMILES string of the molecule is Cl.NCCCc1nnc[nH]1. The molecule has 0 bridgehead atoms. The van der Waals surface area contributed by atoms with Crippen LogP contribution in [0.25, 0.3) is 0 Å². The Morgan fingerprint density at radius 1 is 1.60 bits per heavy atom. The molecule has 58 valence electrons. The van der Waals surface area contributed by atoms with Crippen molar-refractivity contribution in [3.05, 3.63) is 12.2 Å². The van der Waals surface area contributed by atoms with Crippen LogP contribution in [-0.2, 0) is 6.42 Å². The lowest BCUT2D eigenvalue weighted by Crippen LogP contribution is -2.01. The molecule has 5 heteroatoms. The molecule has 1 rings (SSSR count). The van der Waals surface area contributed by atoms with Crippen LogP contribution in [0.2, 0.25) is 0 Å². The molecule has 0 amide bonds. The molecule has 1 aromatic heterocycles. The molecular formula is C5H11ClN4. The third-order valence-corrected chi connectivity index (χ3v) is 1.09. The summed E-state index contributed by atoms with van der Waals surface area (Å²) in [6.45, 7) is 0.709. The van der Waals surface area contributed by atoms with E-state index in [1.807, 2.05) is 0 Å². The molecule has 0 atom stereocenters. The number of hydrogen-bond donors (Lipinski definition) is 2. The highest BCUT2D eigenvalue weighted by Crippen LogP contribution is 1.89. The quantitative estimate of drug-likeness (QED) is 0.664. The lowest BCUT2D eigenvalue weighted by Gasteiger charge is -1.89. The number of aromatic amines is 1. The van der Waals surface area contributed by atoms with Gasteiger partial charge in [-0.25, -0.2) is 0 Å². The molecule has 1 aromatic rings. The molecule has 10 heavy (non-hydrogen) atoms. The Kier molecular flexibility index (Phi) is 4.88. The van der Waals surface area contributed by atoms with E-state index in [4.69, 9.17) is 5.73 Å². The number of nitrogens with one attached hydrogen (secondary N) is 1. The number of rotatable bonds is 3. The fraction of sp³-hybridized carbons (Fsp3) is 0.600. The molecule has 4 nitrogen and oxygen atoms in total. The van der Waals surface area contributed by atoms with Gasteiger partial charge in [-0.05, 0) is 13.0 Å². The maximum absolute atomic E-state index is 5.28. The van der Waals surface area contributed by atoms with Gasteiger partial charge in [0.05, 0.1) is 0 Å². The van der Waals surface area contributed by atoms with Crippen molar-refractivity contribution < 1.29 is 0 Å². The van der Waals surface area contributed by atoms with Crippen molar-refractivity contribution in [3.63, 3.8) is 0 Å². The maximum atomic E-state index is 5.28. The number of nitrogens with zero attached hydrogens (tertiary/aromatic N) is 2. The van der Waals surface area contributed by atoms with E-state index < -0.39 is 0 Å². The van der Waals surface area contributed by atoms with Gasteiger partial charge < -0.3 is 10.7 Å². The van der Waals surface area contributed by atoms with Crippen LogP contribution in [0.15, 0.2) is 6.33 Å². The third kappa shape index (κ3) is 2.80. The summed E-state index contributed by atoms with van der Waals surface area (Å²) in [4.78, 5) is 2.89. The van der Waals surface area contributed by atoms with Crippen molar-refractivity contribution in [1.82, 2.24) is 15.2 Å².